The molecule has 1 radical (unpaired) electrons. The average molecular weight is 310 g/mol. The van der Waals surface area contributed by atoms with Crippen LogP contribution in [0.15, 0.2) is 0 Å². The largest absolute Gasteiger partial charge is 0.424 e. The van der Waals surface area contributed by atoms with Crippen LogP contribution in [0.2, 0.25) is 6.04 Å². The minimum atomic E-state index is -1.92. The van der Waals surface area contributed by atoms with Crippen LogP contribution in [0.1, 0.15) is 13.3 Å². The van der Waals surface area contributed by atoms with Crippen molar-refractivity contribution in [2.24, 2.45) is 0 Å². The first kappa shape index (κ1) is 19.4. The Balaban J connectivity index is 3.96. The van der Waals surface area contributed by atoms with E-state index in [1.54, 1.807) is 0 Å². The van der Waals surface area contributed by atoms with E-state index in [4.69, 9.17) is 14.6 Å². The van der Waals surface area contributed by atoms with E-state index in [9.17, 15) is 20.1 Å². The van der Waals surface area contributed by atoms with E-state index in [2.05, 4.69) is 5.32 Å². The Kier molecular flexibility index (Phi) is 10.8. The van der Waals surface area contributed by atoms with Gasteiger partial charge in [-0.05, 0) is 19.4 Å². The van der Waals surface area contributed by atoms with Crippen molar-refractivity contribution in [1.29, 1.82) is 0 Å². The van der Waals surface area contributed by atoms with Gasteiger partial charge in [-0.1, -0.05) is 0 Å². The van der Waals surface area contributed by atoms with Crippen LogP contribution in [-0.4, -0.2) is 85.4 Å². The molecule has 0 aliphatic carbocycles. The average Bonchev–Trinajstić information content (AvgIpc) is 2.47. The van der Waals surface area contributed by atoms with Gasteiger partial charge in [0.2, 0.25) is 0 Å². The summed E-state index contributed by atoms with van der Waals surface area (Å²) in [6.45, 7) is 2.00. The summed E-state index contributed by atoms with van der Waals surface area (Å²) in [5.74, 6) is -0.959. The quantitative estimate of drug-likeness (QED) is 0.197. The maximum atomic E-state index is 11.4. The van der Waals surface area contributed by atoms with Gasteiger partial charge in [0.25, 0.3) is 5.91 Å². The second-order valence-electron chi connectivity index (χ2n) is 4.30. The lowest BCUT2D eigenvalue weighted by molar-refractivity contribution is -0.149. The van der Waals surface area contributed by atoms with E-state index in [0.29, 0.717) is 13.0 Å². The van der Waals surface area contributed by atoms with Gasteiger partial charge in [-0.3, -0.25) is 4.79 Å². The fourth-order valence-corrected chi connectivity index (χ4v) is 2.33. The lowest BCUT2D eigenvalue weighted by Crippen LogP contribution is -2.50. The van der Waals surface area contributed by atoms with Crippen molar-refractivity contribution in [1.82, 2.24) is 5.32 Å². The standard InChI is InChI=1S/C11H24NO7Si/c1-2-19-20-5-3-4-12-11(18)10(17)9(16)8(15)7(14)6-13/h7-10,13-17H,2-6,20H2,1H3/t7-,8-,9+,10-/m1/s1. The number of carbonyl (C=O) groups excluding carboxylic acids is 1. The number of nitrogens with zero attached hydrogens (tertiary/aromatic N) is 1. The first-order valence-electron chi connectivity index (χ1n) is 6.57. The van der Waals surface area contributed by atoms with Crippen LogP contribution in [0.5, 0.6) is 0 Å². The third kappa shape index (κ3) is 7.29. The Hall–Kier alpha value is -0.553. The zero-order valence-corrected chi connectivity index (χ0v) is 13.0. The monoisotopic (exact) mass is 310 g/mol. The van der Waals surface area contributed by atoms with Gasteiger partial charge in [0, 0.05) is 13.2 Å². The number of amides is 1. The molecule has 0 unspecified atom stereocenters. The summed E-state index contributed by atoms with van der Waals surface area (Å²) < 4.78 is 5.23. The van der Waals surface area contributed by atoms with Crippen LogP contribution in [0, 0.1) is 0 Å². The Morgan fingerprint density at radius 2 is 1.90 bits per heavy atom. The highest BCUT2D eigenvalue weighted by atomic mass is 28.2. The smallest absolute Gasteiger partial charge is 0.272 e. The van der Waals surface area contributed by atoms with Gasteiger partial charge in [-0.15, -0.1) is 0 Å². The van der Waals surface area contributed by atoms with Crippen molar-refractivity contribution in [3.63, 3.8) is 0 Å². The van der Waals surface area contributed by atoms with Gasteiger partial charge in [0.15, 0.2) is 15.9 Å². The van der Waals surface area contributed by atoms with Gasteiger partial charge in [-0.2, -0.15) is 0 Å². The third-order valence-electron chi connectivity index (χ3n) is 2.68. The first-order chi connectivity index (χ1) is 9.45. The van der Waals surface area contributed by atoms with Gasteiger partial charge in [0.1, 0.15) is 18.3 Å². The highest BCUT2D eigenvalue weighted by Gasteiger charge is 2.34. The van der Waals surface area contributed by atoms with E-state index in [1.807, 2.05) is 6.92 Å². The van der Waals surface area contributed by atoms with Gasteiger partial charge < -0.3 is 30.0 Å². The molecular weight excluding hydrogens is 286 g/mol. The summed E-state index contributed by atoms with van der Waals surface area (Å²) in [5.41, 5.74) is 0. The molecule has 9 heteroatoms. The summed E-state index contributed by atoms with van der Waals surface area (Å²) in [5, 5.41) is 49.6. The normalized spacial score (nSPS) is 17.9. The molecule has 0 bridgehead atoms. The minimum Gasteiger partial charge on any atom is -0.424 e. The van der Waals surface area contributed by atoms with Crippen molar-refractivity contribution in [2.75, 3.05) is 19.8 Å². The molecule has 0 spiro atoms. The van der Waals surface area contributed by atoms with E-state index in [0.717, 1.165) is 6.04 Å². The topological polar surface area (TPSA) is 142 Å². The second kappa shape index (κ2) is 11.1. The summed E-state index contributed by atoms with van der Waals surface area (Å²) in [6.07, 6.45) is -6.62. The van der Waals surface area contributed by atoms with Crippen molar-refractivity contribution in [3.8, 4) is 0 Å². The molecule has 20 heavy (non-hydrogen) atoms. The molecule has 0 saturated heterocycles. The zero-order valence-electron chi connectivity index (χ0n) is 11.6. The molecule has 0 aliphatic rings. The Bertz CT molecular complexity index is 269. The van der Waals surface area contributed by atoms with Crippen LogP contribution in [0.4, 0.5) is 0 Å². The molecular formula is C11H24NO7Si. The highest BCUT2D eigenvalue weighted by molar-refractivity contribution is 6.26. The highest BCUT2D eigenvalue weighted by Crippen LogP contribution is 2.05. The fraction of sp³-hybridized carbons (Fsp3) is 0.909. The predicted octanol–water partition coefficient (Wildman–Crippen LogP) is -3.52. The minimum absolute atomic E-state index is 0.210. The fourth-order valence-electron chi connectivity index (χ4n) is 1.41. The maximum Gasteiger partial charge on any atom is 0.272 e. The van der Waals surface area contributed by atoms with Crippen molar-refractivity contribution in [2.45, 2.75) is 43.8 Å². The second-order valence-corrected chi connectivity index (χ2v) is 5.82. The summed E-state index contributed by atoms with van der Waals surface area (Å²) in [4.78, 5) is 11.4. The predicted molar refractivity (Wildman–Crippen MR) is 72.7 cm³/mol. The van der Waals surface area contributed by atoms with Gasteiger partial charge >= 0.3 is 0 Å². The maximum absolute atomic E-state index is 11.4. The van der Waals surface area contributed by atoms with Crippen molar-refractivity contribution in [3.05, 3.63) is 0 Å². The van der Waals surface area contributed by atoms with Crippen LogP contribution in [0.25, 0.3) is 0 Å². The Labute approximate surface area is 120 Å². The molecule has 0 heterocycles. The Morgan fingerprint density at radius 1 is 1.25 bits per heavy atom. The number of hydrogen-bond donors (Lipinski definition) is 5. The number of rotatable bonds is 11. The number of carbonyl (C=O) groups is 1. The van der Waals surface area contributed by atoms with Crippen LogP contribution in [0.3, 0.4) is 0 Å². The molecule has 1 amide bonds. The third-order valence-corrected chi connectivity index (χ3v) is 4.16. The van der Waals surface area contributed by atoms with E-state index >= 15 is 0 Å². The van der Waals surface area contributed by atoms with Gasteiger partial charge in [0.05, 0.1) is 6.61 Å². The Morgan fingerprint density at radius 3 is 2.45 bits per heavy atom. The molecule has 0 saturated carbocycles. The van der Waals surface area contributed by atoms with Crippen molar-refractivity contribution < 1.29 is 34.8 Å². The molecule has 0 aliphatic heterocycles. The zero-order chi connectivity index (χ0) is 15.5. The van der Waals surface area contributed by atoms with Crippen molar-refractivity contribution >= 4 is 15.7 Å². The molecule has 4 atom stereocenters. The van der Waals surface area contributed by atoms with Crippen LogP contribution < -0.4 is 5.32 Å². The van der Waals surface area contributed by atoms with Crippen LogP contribution >= 0.6 is 0 Å². The summed E-state index contributed by atoms with van der Waals surface area (Å²) >= 11 is 0. The molecule has 0 fully saturated rings. The van der Waals surface area contributed by atoms with E-state index in [-0.39, 0.29) is 6.54 Å². The molecule has 0 aromatic rings. The lowest BCUT2D eigenvalue weighted by atomic mass is 10.0. The molecule has 119 valence electrons. The number of aliphatic hydroxyl groups excluding tert-OH is 5. The lowest BCUT2D eigenvalue weighted by Gasteiger charge is -2.24. The molecule has 0 aromatic carbocycles. The summed E-state index contributed by atoms with van der Waals surface area (Å²) in [6, 6.07) is 0.856. The molecule has 0 rings (SSSR count). The number of aliphatic hydroxyl groups is 5. The summed E-state index contributed by atoms with van der Waals surface area (Å²) in [7, 11) is -0.579. The van der Waals surface area contributed by atoms with Crippen LogP contribution in [-0.2, 0) is 9.22 Å². The van der Waals surface area contributed by atoms with E-state index < -0.39 is 46.7 Å². The van der Waals surface area contributed by atoms with E-state index in [1.165, 1.54) is 0 Å². The SMILES string of the molecule is CCO[SiH2]CCC[N]C(=O)[C@H](O)[C@@H](O)[C@H](O)[C@H](O)CO. The van der Waals surface area contributed by atoms with Gasteiger partial charge in [-0.25, -0.2) is 5.32 Å². The number of hydrogen-bond acceptors (Lipinski definition) is 7. The molecule has 8 nitrogen and oxygen atoms in total. The molecule has 5 N–H and O–H groups in total. The first-order valence-corrected chi connectivity index (χ1v) is 8.15. The molecule has 0 aromatic heterocycles.